The van der Waals surface area contributed by atoms with E-state index in [4.69, 9.17) is 14.2 Å². The van der Waals surface area contributed by atoms with Crippen LogP contribution in [0.2, 0.25) is 0 Å². The summed E-state index contributed by atoms with van der Waals surface area (Å²) in [4.78, 5) is 12.2. The molecule has 34 heavy (non-hydrogen) atoms. The molecule has 2 aromatic carbocycles. The van der Waals surface area contributed by atoms with Crippen molar-refractivity contribution in [2.24, 2.45) is 0 Å². The molecule has 2 heterocycles. The first-order valence-electron chi connectivity index (χ1n) is 10.3. The highest BCUT2D eigenvalue weighted by molar-refractivity contribution is 7.98. The summed E-state index contributed by atoms with van der Waals surface area (Å²) in [6.45, 7) is -0.622. The predicted octanol–water partition coefficient (Wildman–Crippen LogP) is 5.76. The molecular formula is C24H23F2N3O4S. The number of ether oxygens (including phenoxy) is 4. The van der Waals surface area contributed by atoms with E-state index in [9.17, 15) is 8.78 Å². The Bertz CT molecular complexity index is 1270. The van der Waals surface area contributed by atoms with Crippen molar-refractivity contribution in [1.82, 2.24) is 15.0 Å². The van der Waals surface area contributed by atoms with E-state index < -0.39 is 6.61 Å². The van der Waals surface area contributed by atoms with Gasteiger partial charge in [-0.05, 0) is 12.5 Å². The van der Waals surface area contributed by atoms with Gasteiger partial charge in [-0.2, -0.15) is 8.78 Å². The lowest BCUT2D eigenvalue weighted by atomic mass is 10.2. The number of alkyl halides is 2. The minimum Gasteiger partial charge on any atom is -0.493 e. The van der Waals surface area contributed by atoms with Gasteiger partial charge in [0.25, 0.3) is 0 Å². The van der Waals surface area contributed by atoms with Crippen molar-refractivity contribution in [3.8, 4) is 23.0 Å². The Kier molecular flexibility index (Phi) is 7.36. The quantitative estimate of drug-likeness (QED) is 0.285. The maximum absolute atomic E-state index is 12.7. The lowest BCUT2D eigenvalue weighted by Gasteiger charge is -2.15. The van der Waals surface area contributed by atoms with E-state index in [-0.39, 0.29) is 11.5 Å². The number of H-pyrrole nitrogens is 1. The van der Waals surface area contributed by atoms with Crippen LogP contribution in [-0.4, -0.2) is 35.8 Å². The summed E-state index contributed by atoms with van der Waals surface area (Å²) in [5, 5.41) is 0.607. The Labute approximate surface area is 199 Å². The fourth-order valence-electron chi connectivity index (χ4n) is 3.39. The summed E-state index contributed by atoms with van der Waals surface area (Å²) in [5.41, 5.74) is 3.86. The molecule has 1 N–H and O–H groups in total. The number of hydrogen-bond donors (Lipinski definition) is 1. The van der Waals surface area contributed by atoms with Crippen LogP contribution < -0.4 is 18.9 Å². The number of hydrogen-bond acceptors (Lipinski definition) is 7. The standard InChI is InChI=1S/C24H23F2N3O4S/c1-14-18(27-11-21(22(14)31-3)32-12-15-7-5-4-6-8-15)13-34-24-28-16-9-19(30-2)20(33-23(25)26)10-17(16)29-24/h4-11,23H,12-13H2,1-3H3,(H,28,29). The van der Waals surface area contributed by atoms with Crippen molar-refractivity contribution in [2.75, 3.05) is 14.2 Å². The van der Waals surface area contributed by atoms with Crippen molar-refractivity contribution in [3.63, 3.8) is 0 Å². The van der Waals surface area contributed by atoms with Gasteiger partial charge in [-0.15, -0.1) is 0 Å². The number of benzene rings is 2. The number of methoxy groups -OCH3 is 2. The zero-order valence-corrected chi connectivity index (χ0v) is 19.6. The van der Waals surface area contributed by atoms with Gasteiger partial charge >= 0.3 is 6.61 Å². The summed E-state index contributed by atoms with van der Waals surface area (Å²) in [5.74, 6) is 1.84. The molecule has 7 nitrogen and oxygen atoms in total. The Hall–Kier alpha value is -3.53. The number of imidazole rings is 1. The Balaban J connectivity index is 1.49. The fraction of sp³-hybridized carbons (Fsp3) is 0.250. The molecule has 0 aliphatic rings. The highest BCUT2D eigenvalue weighted by Gasteiger charge is 2.17. The number of aromatic nitrogens is 3. The second kappa shape index (κ2) is 10.6. The van der Waals surface area contributed by atoms with Crippen LogP contribution in [0.4, 0.5) is 8.78 Å². The minimum absolute atomic E-state index is 0.0682. The summed E-state index contributed by atoms with van der Waals surface area (Å²) in [6.07, 6.45) is 1.65. The maximum atomic E-state index is 12.7. The van der Waals surface area contributed by atoms with Gasteiger partial charge in [-0.1, -0.05) is 42.1 Å². The van der Waals surface area contributed by atoms with E-state index in [1.807, 2.05) is 37.3 Å². The van der Waals surface area contributed by atoms with Gasteiger partial charge in [0.05, 0.1) is 37.1 Å². The van der Waals surface area contributed by atoms with Crippen molar-refractivity contribution in [2.45, 2.75) is 31.1 Å². The number of halogens is 2. The maximum Gasteiger partial charge on any atom is 0.387 e. The monoisotopic (exact) mass is 487 g/mol. The van der Waals surface area contributed by atoms with E-state index >= 15 is 0 Å². The van der Waals surface area contributed by atoms with Crippen molar-refractivity contribution < 1.29 is 27.7 Å². The Morgan fingerprint density at radius 1 is 1.03 bits per heavy atom. The van der Waals surface area contributed by atoms with Gasteiger partial charge in [0.2, 0.25) is 0 Å². The zero-order valence-electron chi connectivity index (χ0n) is 18.8. The predicted molar refractivity (Wildman–Crippen MR) is 125 cm³/mol. The molecule has 4 aromatic rings. The molecule has 2 aromatic heterocycles. The molecule has 0 spiro atoms. The molecule has 0 unspecified atom stereocenters. The summed E-state index contributed by atoms with van der Waals surface area (Å²) in [6, 6.07) is 12.9. The SMILES string of the molecule is COc1cc2[nH]c(SCc3ncc(OCc4ccccc4)c(OC)c3C)nc2cc1OC(F)F. The number of nitrogens with one attached hydrogen (secondary N) is 1. The number of nitrogens with zero attached hydrogens (tertiary/aromatic N) is 2. The summed E-state index contributed by atoms with van der Waals surface area (Å²) in [7, 11) is 2.99. The van der Waals surface area contributed by atoms with Gasteiger partial charge in [-0.25, -0.2) is 4.98 Å². The van der Waals surface area contributed by atoms with E-state index in [1.54, 1.807) is 19.4 Å². The lowest BCUT2D eigenvalue weighted by Crippen LogP contribution is -2.03. The van der Waals surface area contributed by atoms with Gasteiger partial charge in [-0.3, -0.25) is 4.98 Å². The van der Waals surface area contributed by atoms with Crippen molar-refractivity contribution >= 4 is 22.8 Å². The number of aromatic amines is 1. The first kappa shape index (κ1) is 23.6. The molecule has 0 aliphatic carbocycles. The third kappa shape index (κ3) is 5.33. The largest absolute Gasteiger partial charge is 0.493 e. The number of pyridine rings is 1. The molecule has 10 heteroatoms. The highest BCUT2D eigenvalue weighted by Crippen LogP contribution is 2.36. The molecule has 0 atom stereocenters. The zero-order chi connectivity index (χ0) is 24.1. The lowest BCUT2D eigenvalue weighted by molar-refractivity contribution is -0.0511. The Morgan fingerprint density at radius 3 is 2.53 bits per heavy atom. The minimum atomic E-state index is -2.96. The van der Waals surface area contributed by atoms with E-state index in [2.05, 4.69) is 19.7 Å². The molecule has 0 aliphatic heterocycles. The molecular weight excluding hydrogens is 464 g/mol. The van der Waals surface area contributed by atoms with Crippen LogP contribution in [0, 0.1) is 6.92 Å². The Morgan fingerprint density at radius 2 is 1.82 bits per heavy atom. The molecule has 0 fully saturated rings. The number of rotatable bonds is 10. The van der Waals surface area contributed by atoms with Crippen LogP contribution in [0.3, 0.4) is 0 Å². The first-order valence-corrected chi connectivity index (χ1v) is 11.3. The molecule has 178 valence electrons. The van der Waals surface area contributed by atoms with E-state index in [0.29, 0.717) is 40.0 Å². The van der Waals surface area contributed by atoms with Crippen molar-refractivity contribution in [1.29, 1.82) is 0 Å². The average molecular weight is 488 g/mol. The number of fused-ring (bicyclic) bond motifs is 1. The molecule has 0 saturated carbocycles. The van der Waals surface area contributed by atoms with Gasteiger partial charge in [0.15, 0.2) is 28.2 Å². The molecule has 0 saturated heterocycles. The van der Waals surface area contributed by atoms with Gasteiger partial charge in [0.1, 0.15) is 6.61 Å². The van der Waals surface area contributed by atoms with Crippen LogP contribution in [0.5, 0.6) is 23.0 Å². The van der Waals surface area contributed by atoms with Crippen LogP contribution in [-0.2, 0) is 12.4 Å². The third-order valence-corrected chi connectivity index (χ3v) is 5.97. The third-order valence-electron chi connectivity index (χ3n) is 5.08. The van der Waals surface area contributed by atoms with Crippen LogP contribution in [0.1, 0.15) is 16.8 Å². The topological polar surface area (TPSA) is 78.5 Å². The van der Waals surface area contributed by atoms with Gasteiger partial charge in [0, 0.05) is 23.4 Å². The number of thioether (sulfide) groups is 1. The van der Waals surface area contributed by atoms with Gasteiger partial charge < -0.3 is 23.9 Å². The second-order valence-corrected chi connectivity index (χ2v) is 8.20. The first-order chi connectivity index (χ1) is 16.5. The molecule has 0 radical (unpaired) electrons. The molecule has 0 amide bonds. The fourth-order valence-corrected chi connectivity index (χ4v) is 4.30. The van der Waals surface area contributed by atoms with Crippen LogP contribution in [0.25, 0.3) is 11.0 Å². The second-order valence-electron chi connectivity index (χ2n) is 7.23. The van der Waals surface area contributed by atoms with Crippen LogP contribution in [0.15, 0.2) is 53.8 Å². The average Bonchev–Trinajstić information content (AvgIpc) is 3.23. The highest BCUT2D eigenvalue weighted by atomic mass is 32.2. The summed E-state index contributed by atoms with van der Waals surface area (Å²) >= 11 is 1.43. The van der Waals surface area contributed by atoms with Crippen LogP contribution >= 0.6 is 11.8 Å². The molecule has 4 rings (SSSR count). The smallest absolute Gasteiger partial charge is 0.387 e. The van der Waals surface area contributed by atoms with E-state index in [1.165, 1.54) is 24.9 Å². The van der Waals surface area contributed by atoms with Crippen molar-refractivity contribution in [3.05, 3.63) is 65.5 Å². The molecule has 0 bridgehead atoms. The van der Waals surface area contributed by atoms with E-state index in [0.717, 1.165) is 16.8 Å². The normalized spacial score (nSPS) is 11.1. The summed E-state index contributed by atoms with van der Waals surface area (Å²) < 4.78 is 46.5.